The van der Waals surface area contributed by atoms with Gasteiger partial charge in [0.05, 0.1) is 24.3 Å². The van der Waals surface area contributed by atoms with E-state index in [1.165, 1.54) is 4.90 Å². The Bertz CT molecular complexity index is 676. The molecule has 29 heavy (non-hydrogen) atoms. The Labute approximate surface area is 165 Å². The van der Waals surface area contributed by atoms with Gasteiger partial charge >= 0.3 is 12.4 Å². The van der Waals surface area contributed by atoms with Gasteiger partial charge in [0.2, 0.25) is 5.91 Å². The summed E-state index contributed by atoms with van der Waals surface area (Å²) in [7, 11) is 0. The number of ether oxygens (including phenoxy) is 2. The second kappa shape index (κ2) is 11.2. The van der Waals surface area contributed by atoms with Crippen LogP contribution in [0.1, 0.15) is 30.5 Å². The van der Waals surface area contributed by atoms with Gasteiger partial charge in [-0.05, 0) is 31.6 Å². The van der Waals surface area contributed by atoms with Crippen LogP contribution < -0.4 is 0 Å². The van der Waals surface area contributed by atoms with Crippen LogP contribution in [0.25, 0.3) is 6.08 Å². The minimum absolute atomic E-state index is 0.159. The first kappa shape index (κ1) is 25.0. The van der Waals surface area contributed by atoms with Crippen molar-refractivity contribution >= 4 is 12.0 Å². The maximum absolute atomic E-state index is 13.3. The maximum Gasteiger partial charge on any atom is 0.417 e. The van der Waals surface area contributed by atoms with Crippen molar-refractivity contribution in [2.24, 2.45) is 0 Å². The van der Waals surface area contributed by atoms with Gasteiger partial charge in [-0.25, -0.2) is 0 Å². The molecule has 0 bridgehead atoms. The number of amides is 1. The molecule has 0 spiro atoms. The first-order chi connectivity index (χ1) is 13.5. The molecule has 0 aromatic heterocycles. The summed E-state index contributed by atoms with van der Waals surface area (Å²) in [4.78, 5) is 13.7. The molecule has 163 valence electrons. The molecule has 0 saturated heterocycles. The van der Waals surface area contributed by atoms with E-state index in [0.717, 1.165) is 24.3 Å². The standard InChI is InChI=1S/C19H22F6NO3/c1-3-28-12-10-26(11-13-29-4-2)16(27)9-8-14-6-5-7-15(18(20,21)22)17(14)19(23,24)25/h5-6,8-9H,3-4,10-13H2,1-2H3/b9-8+. The molecule has 1 aromatic rings. The molecule has 0 fully saturated rings. The Kier molecular flexibility index (Phi) is 9.64. The Morgan fingerprint density at radius 3 is 2.03 bits per heavy atom. The van der Waals surface area contributed by atoms with Crippen molar-refractivity contribution in [2.45, 2.75) is 26.2 Å². The summed E-state index contributed by atoms with van der Waals surface area (Å²) in [6.45, 7) is 5.07. The quantitative estimate of drug-likeness (QED) is 0.316. The molecular formula is C19H22F6NO3. The first-order valence-electron chi connectivity index (χ1n) is 8.83. The third-order valence-electron chi connectivity index (χ3n) is 3.73. The Balaban J connectivity index is 3.13. The predicted molar refractivity (Wildman–Crippen MR) is 93.9 cm³/mol. The minimum Gasteiger partial charge on any atom is -0.380 e. The van der Waals surface area contributed by atoms with E-state index in [9.17, 15) is 31.1 Å². The summed E-state index contributed by atoms with van der Waals surface area (Å²) in [6, 6.07) is 3.16. The van der Waals surface area contributed by atoms with Crippen LogP contribution in [0.3, 0.4) is 0 Å². The third-order valence-corrected chi connectivity index (χ3v) is 3.73. The molecule has 10 heteroatoms. The highest BCUT2D eigenvalue weighted by Crippen LogP contribution is 2.42. The zero-order valence-electron chi connectivity index (χ0n) is 16.0. The second-order valence-electron chi connectivity index (χ2n) is 5.73. The average Bonchev–Trinajstić information content (AvgIpc) is 2.63. The monoisotopic (exact) mass is 426 g/mol. The molecule has 0 aliphatic rings. The van der Waals surface area contributed by atoms with Crippen molar-refractivity contribution in [1.82, 2.24) is 4.90 Å². The van der Waals surface area contributed by atoms with E-state index < -0.39 is 35.0 Å². The molecule has 0 unspecified atom stereocenters. The van der Waals surface area contributed by atoms with Crippen LogP contribution in [0.15, 0.2) is 18.2 Å². The number of hydrogen-bond acceptors (Lipinski definition) is 3. The summed E-state index contributed by atoms with van der Waals surface area (Å²) in [6.07, 6.45) is -8.97. The van der Waals surface area contributed by atoms with Gasteiger partial charge in [0.15, 0.2) is 0 Å². The van der Waals surface area contributed by atoms with Crippen LogP contribution in [0, 0.1) is 6.07 Å². The lowest BCUT2D eigenvalue weighted by Gasteiger charge is -2.21. The topological polar surface area (TPSA) is 38.8 Å². The predicted octanol–water partition coefficient (Wildman–Crippen LogP) is 4.44. The van der Waals surface area contributed by atoms with Crippen molar-refractivity contribution < 1.29 is 40.6 Å². The van der Waals surface area contributed by atoms with Gasteiger partial charge in [-0.1, -0.05) is 12.1 Å². The SMILES string of the molecule is CCOCCN(CCOCC)C(=O)/C=C/c1cc[c]c(C(F)(F)F)c1C(F)(F)F. The Morgan fingerprint density at radius 1 is 1.03 bits per heavy atom. The second-order valence-corrected chi connectivity index (χ2v) is 5.73. The summed E-state index contributed by atoms with van der Waals surface area (Å²) in [5.74, 6) is -0.668. The van der Waals surface area contributed by atoms with Gasteiger partial charge in [0.1, 0.15) is 0 Å². The molecule has 4 nitrogen and oxygen atoms in total. The van der Waals surface area contributed by atoms with E-state index in [1.54, 1.807) is 19.9 Å². The highest BCUT2D eigenvalue weighted by Gasteiger charge is 2.44. The fourth-order valence-corrected chi connectivity index (χ4v) is 2.42. The van der Waals surface area contributed by atoms with Crippen LogP contribution in [0.2, 0.25) is 0 Å². The fourth-order valence-electron chi connectivity index (χ4n) is 2.42. The van der Waals surface area contributed by atoms with Gasteiger partial charge in [0, 0.05) is 32.4 Å². The minimum atomic E-state index is -5.27. The molecule has 0 aliphatic carbocycles. The molecule has 1 amide bonds. The fraction of sp³-hybridized carbons (Fsp3) is 0.526. The molecule has 0 N–H and O–H groups in total. The summed E-state index contributed by atoms with van der Waals surface area (Å²) < 4.78 is 89.0. The van der Waals surface area contributed by atoms with Crippen molar-refractivity contribution in [3.8, 4) is 0 Å². The van der Waals surface area contributed by atoms with E-state index in [4.69, 9.17) is 9.47 Å². The van der Waals surface area contributed by atoms with Crippen LogP contribution in [0.5, 0.6) is 0 Å². The number of carbonyl (C=O) groups excluding carboxylic acids is 1. The third kappa shape index (κ3) is 8.06. The zero-order chi connectivity index (χ0) is 22.1. The van der Waals surface area contributed by atoms with E-state index >= 15 is 0 Å². The van der Waals surface area contributed by atoms with Crippen molar-refractivity contribution in [3.63, 3.8) is 0 Å². The maximum atomic E-state index is 13.3. The van der Waals surface area contributed by atoms with Crippen LogP contribution in [-0.2, 0) is 26.6 Å². The highest BCUT2D eigenvalue weighted by atomic mass is 19.4. The number of alkyl halides is 6. The summed E-state index contributed by atoms with van der Waals surface area (Å²) in [5.41, 5.74) is -4.58. The number of benzene rings is 1. The van der Waals surface area contributed by atoms with Gasteiger partial charge in [0.25, 0.3) is 0 Å². The van der Waals surface area contributed by atoms with Crippen molar-refractivity contribution in [3.05, 3.63) is 41.0 Å². The molecule has 1 aromatic carbocycles. The lowest BCUT2D eigenvalue weighted by atomic mass is 9.99. The summed E-state index contributed by atoms with van der Waals surface area (Å²) in [5, 5.41) is 0. The van der Waals surface area contributed by atoms with Gasteiger partial charge in [-0.2, -0.15) is 26.3 Å². The van der Waals surface area contributed by atoms with Gasteiger partial charge < -0.3 is 14.4 Å². The molecule has 1 radical (unpaired) electrons. The van der Waals surface area contributed by atoms with E-state index in [0.29, 0.717) is 13.2 Å². The van der Waals surface area contributed by atoms with E-state index in [2.05, 4.69) is 0 Å². The van der Waals surface area contributed by atoms with Gasteiger partial charge in [-0.15, -0.1) is 0 Å². The molecular weight excluding hydrogens is 404 g/mol. The number of halogens is 6. The Morgan fingerprint density at radius 2 is 1.59 bits per heavy atom. The molecule has 0 aliphatic heterocycles. The van der Waals surface area contributed by atoms with E-state index in [-0.39, 0.29) is 26.3 Å². The zero-order valence-corrected chi connectivity index (χ0v) is 16.0. The number of nitrogens with zero attached hydrogens (tertiary/aromatic N) is 1. The molecule has 0 saturated carbocycles. The van der Waals surface area contributed by atoms with Crippen LogP contribution in [-0.4, -0.2) is 50.3 Å². The number of hydrogen-bond donors (Lipinski definition) is 0. The Hall–Kier alpha value is -2.07. The average molecular weight is 426 g/mol. The lowest BCUT2D eigenvalue weighted by molar-refractivity contribution is -0.162. The van der Waals surface area contributed by atoms with Crippen LogP contribution >= 0.6 is 0 Å². The molecule has 1 rings (SSSR count). The smallest absolute Gasteiger partial charge is 0.380 e. The molecule has 0 heterocycles. The van der Waals surface area contributed by atoms with E-state index in [1.807, 2.05) is 0 Å². The van der Waals surface area contributed by atoms with Crippen LogP contribution in [0.4, 0.5) is 26.3 Å². The van der Waals surface area contributed by atoms with Gasteiger partial charge in [-0.3, -0.25) is 4.79 Å². The van der Waals surface area contributed by atoms with Crippen molar-refractivity contribution in [2.75, 3.05) is 39.5 Å². The summed E-state index contributed by atoms with van der Waals surface area (Å²) >= 11 is 0. The number of carbonyl (C=O) groups is 1. The normalized spacial score (nSPS) is 12.6. The largest absolute Gasteiger partial charge is 0.417 e. The lowest BCUT2D eigenvalue weighted by Crippen LogP contribution is -2.35. The first-order valence-corrected chi connectivity index (χ1v) is 8.83. The number of rotatable bonds is 10. The molecule has 0 atom stereocenters. The van der Waals surface area contributed by atoms with Crippen molar-refractivity contribution in [1.29, 1.82) is 0 Å². The highest BCUT2D eigenvalue weighted by molar-refractivity contribution is 5.92.